The van der Waals surface area contributed by atoms with Crippen LogP contribution in [0, 0.1) is 0 Å². The van der Waals surface area contributed by atoms with Crippen molar-refractivity contribution in [3.05, 3.63) is 35.9 Å². The Bertz CT molecular complexity index is 430. The van der Waals surface area contributed by atoms with Crippen LogP contribution >= 0.6 is 0 Å². The number of amides is 1. The molecule has 0 radical (unpaired) electrons. The Morgan fingerprint density at radius 1 is 1.39 bits per heavy atom. The molecule has 1 aliphatic rings. The van der Waals surface area contributed by atoms with E-state index >= 15 is 0 Å². The number of carbonyl (C=O) groups is 2. The van der Waals surface area contributed by atoms with Crippen LogP contribution in [-0.4, -0.2) is 36.0 Å². The quantitative estimate of drug-likeness (QED) is 0.583. The molecule has 0 N–H and O–H groups in total. The highest BCUT2D eigenvalue weighted by atomic mass is 16.5. The summed E-state index contributed by atoms with van der Waals surface area (Å²) in [6.45, 7) is 2.76. The minimum Gasteiger partial charge on any atom is -0.464 e. The summed E-state index contributed by atoms with van der Waals surface area (Å²) in [4.78, 5) is 25.0. The van der Waals surface area contributed by atoms with Crippen molar-refractivity contribution in [2.45, 2.75) is 25.8 Å². The van der Waals surface area contributed by atoms with Gasteiger partial charge in [0.05, 0.1) is 6.61 Å². The van der Waals surface area contributed by atoms with Gasteiger partial charge in [0.1, 0.15) is 6.04 Å². The second-order valence-electron chi connectivity index (χ2n) is 4.29. The lowest BCUT2D eigenvalue weighted by Gasteiger charge is -2.36. The van der Waals surface area contributed by atoms with E-state index in [2.05, 4.69) is 0 Å². The Labute approximate surface area is 107 Å². The molecule has 1 aromatic rings. The standard InChI is InChI=1S/C14H17NO3/c1-2-18-14(17)12(15-9-8-13(15)16)10-11-6-4-3-5-7-11/h3-7,12H,2,8-10H2,1H3. The van der Waals surface area contributed by atoms with Crippen molar-refractivity contribution < 1.29 is 14.3 Å². The second kappa shape index (κ2) is 5.67. The van der Waals surface area contributed by atoms with Crippen molar-refractivity contribution >= 4 is 11.9 Å². The molecule has 4 heteroatoms. The van der Waals surface area contributed by atoms with Crippen molar-refractivity contribution in [3.63, 3.8) is 0 Å². The van der Waals surface area contributed by atoms with Gasteiger partial charge >= 0.3 is 5.97 Å². The van der Waals surface area contributed by atoms with Crippen LogP contribution < -0.4 is 0 Å². The zero-order valence-corrected chi connectivity index (χ0v) is 10.5. The molecule has 1 amide bonds. The number of carbonyl (C=O) groups excluding carboxylic acids is 2. The first-order valence-corrected chi connectivity index (χ1v) is 6.22. The fraction of sp³-hybridized carbons (Fsp3) is 0.429. The Balaban J connectivity index is 2.09. The molecule has 2 rings (SSSR count). The molecule has 0 aromatic heterocycles. The molecular formula is C14H17NO3. The van der Waals surface area contributed by atoms with Crippen LogP contribution in [0.5, 0.6) is 0 Å². The average Bonchev–Trinajstić information content (AvgIpc) is 2.37. The summed E-state index contributed by atoms with van der Waals surface area (Å²) in [5.41, 5.74) is 1.04. The van der Waals surface area contributed by atoms with Gasteiger partial charge in [-0.1, -0.05) is 30.3 Å². The largest absolute Gasteiger partial charge is 0.464 e. The zero-order valence-electron chi connectivity index (χ0n) is 10.5. The molecule has 1 aromatic carbocycles. The molecule has 18 heavy (non-hydrogen) atoms. The van der Waals surface area contributed by atoms with Gasteiger partial charge in [-0.05, 0) is 12.5 Å². The number of esters is 1. The minimum absolute atomic E-state index is 0.0315. The van der Waals surface area contributed by atoms with Crippen LogP contribution in [0.15, 0.2) is 30.3 Å². The maximum absolute atomic E-state index is 11.9. The van der Waals surface area contributed by atoms with Gasteiger partial charge in [0.15, 0.2) is 0 Å². The highest BCUT2D eigenvalue weighted by Crippen LogP contribution is 2.18. The Hall–Kier alpha value is -1.84. The van der Waals surface area contributed by atoms with Crippen molar-refractivity contribution in [1.29, 1.82) is 0 Å². The van der Waals surface area contributed by atoms with Crippen LogP contribution in [0.2, 0.25) is 0 Å². The summed E-state index contributed by atoms with van der Waals surface area (Å²) in [7, 11) is 0. The minimum atomic E-state index is -0.478. The number of hydrogen-bond acceptors (Lipinski definition) is 3. The van der Waals surface area contributed by atoms with Gasteiger partial charge in [-0.15, -0.1) is 0 Å². The summed E-state index contributed by atoms with van der Waals surface area (Å²) in [5, 5.41) is 0. The summed E-state index contributed by atoms with van der Waals surface area (Å²) in [6.07, 6.45) is 1.05. The first kappa shape index (κ1) is 12.6. The molecule has 0 spiro atoms. The van der Waals surface area contributed by atoms with Crippen LogP contribution in [-0.2, 0) is 20.7 Å². The van der Waals surface area contributed by atoms with Crippen molar-refractivity contribution in [2.24, 2.45) is 0 Å². The molecular weight excluding hydrogens is 230 g/mol. The highest BCUT2D eigenvalue weighted by molar-refractivity contribution is 5.88. The molecule has 1 unspecified atom stereocenters. The van der Waals surface area contributed by atoms with Crippen LogP contribution in [0.4, 0.5) is 0 Å². The van der Waals surface area contributed by atoms with E-state index in [9.17, 15) is 9.59 Å². The molecule has 0 saturated carbocycles. The number of benzene rings is 1. The van der Waals surface area contributed by atoms with Gasteiger partial charge in [0, 0.05) is 19.4 Å². The third kappa shape index (κ3) is 2.70. The third-order valence-electron chi connectivity index (χ3n) is 3.09. The number of β-lactam (4-membered cyclic amide) rings is 1. The van der Waals surface area contributed by atoms with E-state index in [4.69, 9.17) is 4.74 Å². The van der Waals surface area contributed by atoms with E-state index in [1.54, 1.807) is 11.8 Å². The Morgan fingerprint density at radius 3 is 2.61 bits per heavy atom. The molecule has 4 nitrogen and oxygen atoms in total. The molecule has 1 aliphatic heterocycles. The third-order valence-corrected chi connectivity index (χ3v) is 3.09. The van der Waals surface area contributed by atoms with Crippen molar-refractivity contribution in [1.82, 2.24) is 4.90 Å². The lowest BCUT2D eigenvalue weighted by Crippen LogP contribution is -2.54. The number of rotatable bonds is 5. The van der Waals surface area contributed by atoms with Gasteiger partial charge in [-0.25, -0.2) is 4.79 Å². The molecule has 1 saturated heterocycles. The molecule has 0 aliphatic carbocycles. The van der Waals surface area contributed by atoms with Crippen LogP contribution in [0.1, 0.15) is 18.9 Å². The van der Waals surface area contributed by atoms with Gasteiger partial charge < -0.3 is 9.64 Å². The van der Waals surface area contributed by atoms with E-state index in [-0.39, 0.29) is 11.9 Å². The van der Waals surface area contributed by atoms with Gasteiger partial charge in [-0.3, -0.25) is 4.79 Å². The van der Waals surface area contributed by atoms with Crippen LogP contribution in [0.25, 0.3) is 0 Å². The number of hydrogen-bond donors (Lipinski definition) is 0. The number of likely N-dealkylation sites (tertiary alicyclic amines) is 1. The van der Waals surface area contributed by atoms with Gasteiger partial charge in [0.2, 0.25) is 5.91 Å². The lowest BCUT2D eigenvalue weighted by molar-refractivity contribution is -0.159. The van der Waals surface area contributed by atoms with E-state index in [0.717, 1.165) is 5.56 Å². The van der Waals surface area contributed by atoms with Gasteiger partial charge in [0.25, 0.3) is 0 Å². The number of ether oxygens (including phenoxy) is 1. The van der Waals surface area contributed by atoms with E-state index in [1.165, 1.54) is 0 Å². The summed E-state index contributed by atoms with van der Waals surface area (Å²) in [5.74, 6) is -0.279. The fourth-order valence-electron chi connectivity index (χ4n) is 2.06. The first-order valence-electron chi connectivity index (χ1n) is 6.22. The van der Waals surface area contributed by atoms with Crippen LogP contribution in [0.3, 0.4) is 0 Å². The fourth-order valence-corrected chi connectivity index (χ4v) is 2.06. The molecule has 1 atom stereocenters. The first-order chi connectivity index (χ1) is 8.72. The van der Waals surface area contributed by atoms with Crippen molar-refractivity contribution in [2.75, 3.05) is 13.2 Å². The predicted molar refractivity (Wildman–Crippen MR) is 66.9 cm³/mol. The molecule has 1 heterocycles. The second-order valence-corrected chi connectivity index (χ2v) is 4.29. The summed E-state index contributed by atoms with van der Waals surface area (Å²) in [6, 6.07) is 9.21. The zero-order chi connectivity index (χ0) is 13.0. The Kier molecular flexibility index (Phi) is 3.97. The normalized spacial score (nSPS) is 16.1. The van der Waals surface area contributed by atoms with Gasteiger partial charge in [-0.2, -0.15) is 0 Å². The lowest BCUT2D eigenvalue weighted by atomic mass is 10.0. The van der Waals surface area contributed by atoms with Crippen molar-refractivity contribution in [3.8, 4) is 0 Å². The molecule has 1 fully saturated rings. The predicted octanol–water partition coefficient (Wildman–Crippen LogP) is 1.39. The summed E-state index contributed by atoms with van der Waals surface area (Å²) >= 11 is 0. The monoisotopic (exact) mass is 247 g/mol. The SMILES string of the molecule is CCOC(=O)C(Cc1ccccc1)N1CCC1=O. The topological polar surface area (TPSA) is 46.6 Å². The summed E-state index contributed by atoms with van der Waals surface area (Å²) < 4.78 is 5.05. The molecule has 96 valence electrons. The van der Waals surface area contributed by atoms with E-state index < -0.39 is 6.04 Å². The maximum atomic E-state index is 11.9. The van der Waals surface area contributed by atoms with E-state index in [1.807, 2.05) is 30.3 Å². The Morgan fingerprint density at radius 2 is 2.11 bits per heavy atom. The highest BCUT2D eigenvalue weighted by Gasteiger charge is 2.36. The smallest absolute Gasteiger partial charge is 0.329 e. The average molecular weight is 247 g/mol. The number of nitrogens with zero attached hydrogens (tertiary/aromatic N) is 1. The van der Waals surface area contributed by atoms with E-state index in [0.29, 0.717) is 26.0 Å². The molecule has 0 bridgehead atoms. The maximum Gasteiger partial charge on any atom is 0.329 e.